The Hall–Kier alpha value is -2.04. The molecule has 0 bridgehead atoms. The molecular formula is C15H19FO4. The van der Waals surface area contributed by atoms with Crippen LogP contribution in [0, 0.1) is 5.82 Å². The Morgan fingerprint density at radius 3 is 2.05 bits per heavy atom. The summed E-state index contributed by atoms with van der Waals surface area (Å²) in [5.41, 5.74) is -0.0967. The van der Waals surface area contributed by atoms with E-state index in [1.165, 1.54) is 38.5 Å². The van der Waals surface area contributed by atoms with Crippen LogP contribution >= 0.6 is 0 Å². The van der Waals surface area contributed by atoms with Crippen molar-refractivity contribution in [3.63, 3.8) is 0 Å². The Morgan fingerprint density at radius 2 is 1.65 bits per heavy atom. The lowest BCUT2D eigenvalue weighted by Crippen LogP contribution is -2.22. The standard InChI is InChI=1S/C15H19FO4/c1-15(2,3)20-14(17)7-6-11-12(18-4)8-10(16)9-13(11)19-5/h6-9H,1-5H3/b7-6+. The van der Waals surface area contributed by atoms with Crippen molar-refractivity contribution < 1.29 is 23.4 Å². The summed E-state index contributed by atoms with van der Waals surface area (Å²) >= 11 is 0. The molecule has 0 spiro atoms. The van der Waals surface area contributed by atoms with E-state index in [0.29, 0.717) is 5.56 Å². The van der Waals surface area contributed by atoms with E-state index in [1.54, 1.807) is 20.8 Å². The fraction of sp³-hybridized carbons (Fsp3) is 0.400. The van der Waals surface area contributed by atoms with Gasteiger partial charge in [-0.05, 0) is 26.8 Å². The van der Waals surface area contributed by atoms with Crippen molar-refractivity contribution >= 4 is 12.0 Å². The zero-order valence-corrected chi connectivity index (χ0v) is 12.3. The number of methoxy groups -OCH3 is 2. The maximum atomic E-state index is 13.3. The molecule has 0 amide bonds. The smallest absolute Gasteiger partial charge is 0.331 e. The molecule has 0 fully saturated rings. The van der Waals surface area contributed by atoms with E-state index < -0.39 is 17.4 Å². The van der Waals surface area contributed by atoms with Gasteiger partial charge in [0.05, 0.1) is 19.8 Å². The molecule has 0 radical (unpaired) electrons. The van der Waals surface area contributed by atoms with Gasteiger partial charge in [0.1, 0.15) is 22.9 Å². The molecule has 0 unspecified atom stereocenters. The van der Waals surface area contributed by atoms with Gasteiger partial charge in [0, 0.05) is 18.2 Å². The minimum absolute atomic E-state index is 0.279. The predicted octanol–water partition coefficient (Wildman–Crippen LogP) is 3.20. The number of benzene rings is 1. The molecule has 0 atom stereocenters. The number of hydrogen-bond acceptors (Lipinski definition) is 4. The zero-order valence-electron chi connectivity index (χ0n) is 12.3. The fourth-order valence-corrected chi connectivity index (χ4v) is 1.56. The maximum Gasteiger partial charge on any atom is 0.331 e. The second kappa shape index (κ2) is 6.41. The van der Waals surface area contributed by atoms with Gasteiger partial charge in [-0.1, -0.05) is 0 Å². The van der Waals surface area contributed by atoms with Crippen LogP contribution in [0.15, 0.2) is 18.2 Å². The normalized spacial score (nSPS) is 11.5. The van der Waals surface area contributed by atoms with Crippen LogP contribution < -0.4 is 9.47 Å². The Morgan fingerprint density at radius 1 is 1.15 bits per heavy atom. The first-order valence-corrected chi connectivity index (χ1v) is 6.09. The maximum absolute atomic E-state index is 13.3. The van der Waals surface area contributed by atoms with Crippen molar-refractivity contribution in [3.8, 4) is 11.5 Å². The van der Waals surface area contributed by atoms with Crippen LogP contribution in [0.3, 0.4) is 0 Å². The van der Waals surface area contributed by atoms with Crippen LogP contribution in [-0.4, -0.2) is 25.8 Å². The summed E-state index contributed by atoms with van der Waals surface area (Å²) in [5.74, 6) is -0.414. The van der Waals surface area contributed by atoms with Gasteiger partial charge >= 0.3 is 5.97 Å². The summed E-state index contributed by atoms with van der Waals surface area (Å²) in [5, 5.41) is 0. The molecule has 0 aliphatic rings. The lowest BCUT2D eigenvalue weighted by molar-refractivity contribution is -0.148. The van der Waals surface area contributed by atoms with Crippen LogP contribution in [-0.2, 0) is 9.53 Å². The number of rotatable bonds is 4. The van der Waals surface area contributed by atoms with Gasteiger partial charge in [0.25, 0.3) is 0 Å². The third-order valence-corrected chi connectivity index (χ3v) is 2.30. The summed E-state index contributed by atoms with van der Waals surface area (Å²) in [6.45, 7) is 5.33. The Labute approximate surface area is 118 Å². The van der Waals surface area contributed by atoms with Crippen molar-refractivity contribution in [2.24, 2.45) is 0 Å². The van der Waals surface area contributed by atoms with Crippen LogP contribution in [0.5, 0.6) is 11.5 Å². The van der Waals surface area contributed by atoms with Crippen LogP contribution in [0.4, 0.5) is 4.39 Å². The van der Waals surface area contributed by atoms with Gasteiger partial charge in [-0.25, -0.2) is 9.18 Å². The van der Waals surface area contributed by atoms with Crippen molar-refractivity contribution in [1.82, 2.24) is 0 Å². The third-order valence-electron chi connectivity index (χ3n) is 2.30. The molecule has 0 aromatic heterocycles. The third kappa shape index (κ3) is 4.57. The molecule has 0 heterocycles. The number of halogens is 1. The van der Waals surface area contributed by atoms with Crippen molar-refractivity contribution in [2.45, 2.75) is 26.4 Å². The van der Waals surface area contributed by atoms with Crippen LogP contribution in [0.1, 0.15) is 26.3 Å². The lowest BCUT2D eigenvalue weighted by atomic mass is 10.1. The molecular weight excluding hydrogens is 263 g/mol. The first-order valence-electron chi connectivity index (χ1n) is 6.09. The summed E-state index contributed by atoms with van der Waals surface area (Å²) in [7, 11) is 2.83. The van der Waals surface area contributed by atoms with E-state index in [9.17, 15) is 9.18 Å². The quantitative estimate of drug-likeness (QED) is 0.628. The molecule has 1 rings (SSSR count). The van der Waals surface area contributed by atoms with Crippen LogP contribution in [0.25, 0.3) is 6.08 Å². The molecule has 110 valence electrons. The van der Waals surface area contributed by atoms with Crippen LogP contribution in [0.2, 0.25) is 0 Å². The van der Waals surface area contributed by atoms with Gasteiger partial charge < -0.3 is 14.2 Å². The van der Waals surface area contributed by atoms with E-state index >= 15 is 0 Å². The highest BCUT2D eigenvalue weighted by Gasteiger charge is 2.15. The average molecular weight is 282 g/mol. The SMILES string of the molecule is COc1cc(F)cc(OC)c1/C=C/C(=O)OC(C)(C)C. The molecule has 4 nitrogen and oxygen atoms in total. The summed E-state index contributed by atoms with van der Waals surface area (Å²) in [6.07, 6.45) is 2.73. The first-order chi connectivity index (χ1) is 9.26. The molecule has 0 aliphatic heterocycles. The van der Waals surface area contributed by atoms with Crippen molar-refractivity contribution in [3.05, 3.63) is 29.6 Å². The van der Waals surface area contributed by atoms with Gasteiger partial charge in [-0.3, -0.25) is 0 Å². The highest BCUT2D eigenvalue weighted by molar-refractivity contribution is 5.88. The predicted molar refractivity (Wildman–Crippen MR) is 74.4 cm³/mol. The molecule has 1 aromatic rings. The average Bonchev–Trinajstić information content (AvgIpc) is 2.33. The van der Waals surface area contributed by atoms with E-state index in [4.69, 9.17) is 14.2 Å². The first kappa shape index (κ1) is 16.0. The minimum atomic E-state index is -0.571. The van der Waals surface area contributed by atoms with E-state index in [1.807, 2.05) is 0 Å². The molecule has 0 saturated carbocycles. The Kier molecular flexibility index (Phi) is 5.13. The molecule has 0 N–H and O–H groups in total. The highest BCUT2D eigenvalue weighted by atomic mass is 19.1. The molecule has 0 aliphatic carbocycles. The van der Waals surface area contributed by atoms with E-state index in [-0.39, 0.29) is 11.5 Å². The largest absolute Gasteiger partial charge is 0.496 e. The zero-order chi connectivity index (χ0) is 15.3. The number of esters is 1. The number of ether oxygens (including phenoxy) is 3. The summed E-state index contributed by atoms with van der Waals surface area (Å²) in [4.78, 5) is 11.6. The molecule has 20 heavy (non-hydrogen) atoms. The van der Waals surface area contributed by atoms with Crippen molar-refractivity contribution in [1.29, 1.82) is 0 Å². The topological polar surface area (TPSA) is 44.8 Å². The Bertz CT molecular complexity index is 490. The fourth-order valence-electron chi connectivity index (χ4n) is 1.56. The lowest BCUT2D eigenvalue weighted by Gasteiger charge is -2.18. The monoisotopic (exact) mass is 282 g/mol. The van der Waals surface area contributed by atoms with Gasteiger partial charge in [0.2, 0.25) is 0 Å². The summed E-state index contributed by atoms with van der Waals surface area (Å²) < 4.78 is 28.6. The van der Waals surface area contributed by atoms with Gasteiger partial charge in [-0.2, -0.15) is 0 Å². The second-order valence-corrected chi connectivity index (χ2v) is 5.09. The minimum Gasteiger partial charge on any atom is -0.496 e. The number of carbonyl (C=O) groups is 1. The van der Waals surface area contributed by atoms with E-state index in [2.05, 4.69) is 0 Å². The molecule has 5 heteroatoms. The highest BCUT2D eigenvalue weighted by Crippen LogP contribution is 2.31. The second-order valence-electron chi connectivity index (χ2n) is 5.09. The Balaban J connectivity index is 3.05. The van der Waals surface area contributed by atoms with Crippen molar-refractivity contribution in [2.75, 3.05) is 14.2 Å². The van der Waals surface area contributed by atoms with E-state index in [0.717, 1.165) is 0 Å². The van der Waals surface area contributed by atoms with Gasteiger partial charge in [-0.15, -0.1) is 0 Å². The number of carbonyl (C=O) groups excluding carboxylic acids is 1. The molecule has 1 aromatic carbocycles. The number of hydrogen-bond donors (Lipinski definition) is 0. The molecule has 0 saturated heterocycles. The summed E-state index contributed by atoms with van der Waals surface area (Å²) in [6, 6.07) is 2.44. The van der Waals surface area contributed by atoms with Gasteiger partial charge in [0.15, 0.2) is 0 Å².